The van der Waals surface area contributed by atoms with Gasteiger partial charge in [0.1, 0.15) is 16.4 Å². The second-order valence-electron chi connectivity index (χ2n) is 3.99. The van der Waals surface area contributed by atoms with Gasteiger partial charge in [0.15, 0.2) is 0 Å². The van der Waals surface area contributed by atoms with Crippen LogP contribution in [0.15, 0.2) is 27.8 Å². The highest BCUT2D eigenvalue weighted by Crippen LogP contribution is 2.21. The summed E-state index contributed by atoms with van der Waals surface area (Å²) in [7, 11) is -3.78. The number of nitrogens with zero attached hydrogens (tertiary/aromatic N) is 3. The van der Waals surface area contributed by atoms with Gasteiger partial charge < -0.3 is 9.73 Å². The minimum absolute atomic E-state index is 0.0675. The maximum Gasteiger partial charge on any atom is 0.267 e. The summed E-state index contributed by atoms with van der Waals surface area (Å²) in [5, 5.41) is 10.2. The van der Waals surface area contributed by atoms with Gasteiger partial charge in [-0.1, -0.05) is 6.92 Å². The van der Waals surface area contributed by atoms with Crippen LogP contribution in [0.2, 0.25) is 0 Å². The molecule has 0 saturated heterocycles. The third kappa shape index (κ3) is 3.31. The smallest absolute Gasteiger partial charge is 0.267 e. The molecule has 0 aliphatic carbocycles. The summed E-state index contributed by atoms with van der Waals surface area (Å²) >= 11 is 0. The highest BCUT2D eigenvalue weighted by atomic mass is 32.2. The normalized spacial score (nSPS) is 11.5. The van der Waals surface area contributed by atoms with Crippen molar-refractivity contribution in [3.8, 4) is 0 Å². The Balaban J connectivity index is 2.23. The van der Waals surface area contributed by atoms with E-state index < -0.39 is 10.0 Å². The van der Waals surface area contributed by atoms with E-state index in [9.17, 15) is 8.42 Å². The fraction of sp³-hybridized carbons (Fsp3) is 0.364. The highest BCUT2D eigenvalue weighted by Gasteiger charge is 2.22. The van der Waals surface area contributed by atoms with Crippen LogP contribution in [0.25, 0.3) is 0 Å². The Morgan fingerprint density at radius 1 is 1.35 bits per heavy atom. The molecule has 0 radical (unpaired) electrons. The molecule has 0 aliphatic rings. The second kappa shape index (κ2) is 5.97. The van der Waals surface area contributed by atoms with Crippen LogP contribution in [-0.2, 0) is 16.6 Å². The number of rotatable bonds is 6. The van der Waals surface area contributed by atoms with Crippen LogP contribution in [0.4, 0.5) is 5.95 Å². The molecule has 2 rings (SSSR count). The topological polar surface area (TPSA) is 110 Å². The van der Waals surface area contributed by atoms with Crippen molar-refractivity contribution in [2.45, 2.75) is 25.3 Å². The molecular formula is C11H15N5O3S. The predicted molar refractivity (Wildman–Crippen MR) is 71.5 cm³/mol. The van der Waals surface area contributed by atoms with Gasteiger partial charge in [-0.2, -0.15) is 5.10 Å². The molecule has 0 amide bonds. The van der Waals surface area contributed by atoms with Crippen molar-refractivity contribution in [3.05, 3.63) is 30.0 Å². The van der Waals surface area contributed by atoms with Gasteiger partial charge in [0, 0.05) is 6.07 Å². The Morgan fingerprint density at radius 2 is 2.15 bits per heavy atom. The molecule has 0 unspecified atom stereocenters. The van der Waals surface area contributed by atoms with Gasteiger partial charge in [-0.3, -0.25) is 0 Å². The van der Waals surface area contributed by atoms with Crippen molar-refractivity contribution in [1.82, 2.24) is 20.5 Å². The SMILES string of the molecule is CCNCc1cc(S(=O)(=O)Nc2nccnn2)c(C)o1. The lowest BCUT2D eigenvalue weighted by atomic mass is 10.4. The lowest BCUT2D eigenvalue weighted by Gasteiger charge is -2.03. The molecule has 2 aromatic heterocycles. The van der Waals surface area contributed by atoms with Crippen LogP contribution in [0.3, 0.4) is 0 Å². The van der Waals surface area contributed by atoms with Gasteiger partial charge in [-0.25, -0.2) is 18.1 Å². The summed E-state index contributed by atoms with van der Waals surface area (Å²) in [6.45, 7) is 4.78. The molecule has 108 valence electrons. The van der Waals surface area contributed by atoms with Gasteiger partial charge >= 0.3 is 0 Å². The molecule has 9 heteroatoms. The molecule has 0 spiro atoms. The molecule has 2 heterocycles. The van der Waals surface area contributed by atoms with Crippen LogP contribution < -0.4 is 10.0 Å². The summed E-state index contributed by atoms with van der Waals surface area (Å²) in [6, 6.07) is 1.48. The van der Waals surface area contributed by atoms with Gasteiger partial charge in [-0.05, 0) is 13.5 Å². The molecule has 0 bridgehead atoms. The van der Waals surface area contributed by atoms with Crippen LogP contribution in [-0.4, -0.2) is 30.1 Å². The summed E-state index contributed by atoms with van der Waals surface area (Å²) in [6.07, 6.45) is 2.71. The molecule has 0 saturated carbocycles. The Hall–Kier alpha value is -2.00. The van der Waals surface area contributed by atoms with Crippen molar-refractivity contribution in [2.24, 2.45) is 0 Å². The zero-order chi connectivity index (χ0) is 14.6. The van der Waals surface area contributed by atoms with Gasteiger partial charge in [0.05, 0.1) is 18.9 Å². The molecule has 2 aromatic rings. The van der Waals surface area contributed by atoms with Crippen LogP contribution in [0.1, 0.15) is 18.4 Å². The lowest BCUT2D eigenvalue weighted by Crippen LogP contribution is -2.15. The number of aromatic nitrogens is 3. The zero-order valence-electron chi connectivity index (χ0n) is 11.1. The maximum absolute atomic E-state index is 12.2. The average Bonchev–Trinajstić information content (AvgIpc) is 2.79. The van der Waals surface area contributed by atoms with Crippen LogP contribution in [0.5, 0.6) is 0 Å². The number of sulfonamides is 1. The minimum atomic E-state index is -3.78. The third-order valence-corrected chi connectivity index (χ3v) is 3.91. The van der Waals surface area contributed by atoms with E-state index in [0.717, 1.165) is 6.54 Å². The molecule has 0 aliphatic heterocycles. The molecule has 0 fully saturated rings. The zero-order valence-corrected chi connectivity index (χ0v) is 11.9. The van der Waals surface area contributed by atoms with E-state index in [1.54, 1.807) is 6.92 Å². The van der Waals surface area contributed by atoms with E-state index in [0.29, 0.717) is 18.1 Å². The maximum atomic E-state index is 12.2. The summed E-state index contributed by atoms with van der Waals surface area (Å²) < 4.78 is 32.1. The molecular weight excluding hydrogens is 282 g/mol. The minimum Gasteiger partial charge on any atom is -0.464 e. The Kier molecular flexibility index (Phi) is 4.30. The van der Waals surface area contributed by atoms with Gasteiger partial charge in [0.25, 0.3) is 16.0 Å². The summed E-state index contributed by atoms with van der Waals surface area (Å²) in [5.41, 5.74) is 0. The number of hydrogen-bond donors (Lipinski definition) is 2. The first-order valence-corrected chi connectivity index (χ1v) is 7.48. The number of hydrogen-bond acceptors (Lipinski definition) is 7. The second-order valence-corrected chi connectivity index (χ2v) is 5.64. The first-order valence-electron chi connectivity index (χ1n) is 5.99. The quantitative estimate of drug-likeness (QED) is 0.806. The number of anilines is 1. The van der Waals surface area contributed by atoms with E-state index in [-0.39, 0.29) is 10.8 Å². The Morgan fingerprint density at radius 3 is 2.80 bits per heavy atom. The first-order chi connectivity index (χ1) is 9.53. The first kappa shape index (κ1) is 14.4. The molecule has 20 heavy (non-hydrogen) atoms. The summed E-state index contributed by atoms with van der Waals surface area (Å²) in [4.78, 5) is 3.84. The fourth-order valence-electron chi connectivity index (χ4n) is 1.60. The Bertz CT molecular complexity index is 669. The van der Waals surface area contributed by atoms with Crippen LogP contribution >= 0.6 is 0 Å². The van der Waals surface area contributed by atoms with Crippen molar-refractivity contribution < 1.29 is 12.8 Å². The largest absolute Gasteiger partial charge is 0.464 e. The molecule has 2 N–H and O–H groups in total. The third-order valence-electron chi connectivity index (χ3n) is 2.47. The molecule has 0 atom stereocenters. The van der Waals surface area contributed by atoms with E-state index in [2.05, 4.69) is 25.2 Å². The number of nitrogens with one attached hydrogen (secondary N) is 2. The van der Waals surface area contributed by atoms with E-state index in [4.69, 9.17) is 4.42 Å². The van der Waals surface area contributed by atoms with Crippen LogP contribution in [0, 0.1) is 6.92 Å². The number of furan rings is 1. The van der Waals surface area contributed by atoms with Crippen molar-refractivity contribution >= 4 is 16.0 Å². The fourth-order valence-corrected chi connectivity index (χ4v) is 2.75. The highest BCUT2D eigenvalue weighted by molar-refractivity contribution is 7.92. The van der Waals surface area contributed by atoms with Crippen molar-refractivity contribution in [1.29, 1.82) is 0 Å². The Labute approximate surface area is 116 Å². The van der Waals surface area contributed by atoms with Gasteiger partial charge in [-0.15, -0.1) is 5.10 Å². The standard InChI is InChI=1S/C11H15N5O3S/c1-3-12-7-9-6-10(8(2)19-9)20(17,18)16-11-13-4-5-14-15-11/h4-6,12H,3,7H2,1-2H3,(H,13,15,16). The van der Waals surface area contributed by atoms with Gasteiger partial charge in [0.2, 0.25) is 0 Å². The van der Waals surface area contributed by atoms with E-state index in [1.807, 2.05) is 6.92 Å². The molecule has 0 aromatic carbocycles. The predicted octanol–water partition coefficient (Wildman–Crippen LogP) is 0.683. The van der Waals surface area contributed by atoms with E-state index >= 15 is 0 Å². The molecule has 8 nitrogen and oxygen atoms in total. The lowest BCUT2D eigenvalue weighted by molar-refractivity contribution is 0.460. The van der Waals surface area contributed by atoms with Crippen molar-refractivity contribution in [2.75, 3.05) is 11.3 Å². The number of aryl methyl sites for hydroxylation is 1. The average molecular weight is 297 g/mol. The monoisotopic (exact) mass is 297 g/mol. The van der Waals surface area contributed by atoms with Crippen molar-refractivity contribution in [3.63, 3.8) is 0 Å². The van der Waals surface area contributed by atoms with E-state index in [1.165, 1.54) is 18.5 Å². The summed E-state index contributed by atoms with van der Waals surface area (Å²) in [5.74, 6) is 0.785.